The van der Waals surface area contributed by atoms with Gasteiger partial charge in [0.05, 0.1) is 24.7 Å². The molecule has 4 heteroatoms. The van der Waals surface area contributed by atoms with E-state index in [0.717, 1.165) is 28.4 Å². The first kappa shape index (κ1) is 17.5. The number of benzene rings is 3. The number of nitrogens with zero attached hydrogens (tertiary/aromatic N) is 3. The zero-order chi connectivity index (χ0) is 18.4. The van der Waals surface area contributed by atoms with Crippen molar-refractivity contribution in [1.29, 1.82) is 0 Å². The highest BCUT2D eigenvalue weighted by Gasteiger charge is 2.08. The standard InChI is InChI=1S/C22H23N3O/c1-24(2)21-15-14-18(22(16-21)26-3)17-23-25(19-10-6-4-7-11-19)20-12-8-5-9-13-20/h4-17H,1-3H3/b23-17-. The molecule has 0 bridgehead atoms. The molecule has 0 atom stereocenters. The van der Waals surface area contributed by atoms with Gasteiger partial charge in [-0.3, -0.25) is 0 Å². The normalized spacial score (nSPS) is 10.7. The quantitative estimate of drug-likeness (QED) is 0.468. The summed E-state index contributed by atoms with van der Waals surface area (Å²) in [7, 11) is 5.70. The van der Waals surface area contributed by atoms with E-state index in [1.54, 1.807) is 7.11 Å². The maximum atomic E-state index is 5.54. The Kier molecular flexibility index (Phi) is 5.54. The Hall–Kier alpha value is -3.27. The summed E-state index contributed by atoms with van der Waals surface area (Å²) in [5.74, 6) is 0.793. The van der Waals surface area contributed by atoms with E-state index < -0.39 is 0 Å². The lowest BCUT2D eigenvalue weighted by Gasteiger charge is -2.19. The molecule has 132 valence electrons. The second-order valence-electron chi connectivity index (χ2n) is 6.05. The van der Waals surface area contributed by atoms with E-state index in [4.69, 9.17) is 9.84 Å². The minimum absolute atomic E-state index is 0.793. The highest BCUT2D eigenvalue weighted by Crippen LogP contribution is 2.27. The van der Waals surface area contributed by atoms with Gasteiger partial charge in [-0.1, -0.05) is 36.4 Å². The molecule has 3 aromatic carbocycles. The summed E-state index contributed by atoms with van der Waals surface area (Å²) in [5.41, 5.74) is 4.01. The number of para-hydroxylation sites is 2. The van der Waals surface area contributed by atoms with Crippen LogP contribution in [0.3, 0.4) is 0 Å². The number of methoxy groups -OCH3 is 1. The number of hydrogen-bond donors (Lipinski definition) is 0. The summed E-state index contributed by atoms with van der Waals surface area (Å²) < 4.78 is 5.54. The maximum absolute atomic E-state index is 5.54. The van der Waals surface area contributed by atoms with E-state index in [2.05, 4.69) is 6.07 Å². The SMILES string of the molecule is COc1cc(N(C)C)ccc1/C=N\N(c1ccccc1)c1ccccc1. The van der Waals surface area contributed by atoms with Gasteiger partial charge in [0.2, 0.25) is 0 Å². The third-order valence-corrected chi connectivity index (χ3v) is 4.05. The van der Waals surface area contributed by atoms with Gasteiger partial charge in [0.1, 0.15) is 5.75 Å². The largest absolute Gasteiger partial charge is 0.496 e. The highest BCUT2D eigenvalue weighted by atomic mass is 16.5. The van der Waals surface area contributed by atoms with Gasteiger partial charge in [-0.05, 0) is 36.4 Å². The summed E-state index contributed by atoms with van der Waals surface area (Å²) in [5, 5.41) is 6.65. The molecule has 0 aliphatic carbocycles. The van der Waals surface area contributed by atoms with Crippen LogP contribution in [-0.2, 0) is 0 Å². The van der Waals surface area contributed by atoms with Crippen LogP contribution < -0.4 is 14.6 Å². The molecule has 0 heterocycles. The molecule has 0 spiro atoms. The molecule has 3 aromatic rings. The van der Waals surface area contributed by atoms with Crippen LogP contribution in [0.1, 0.15) is 5.56 Å². The number of ether oxygens (including phenoxy) is 1. The minimum atomic E-state index is 0.793. The van der Waals surface area contributed by atoms with Gasteiger partial charge in [-0.2, -0.15) is 5.10 Å². The molecule has 0 aliphatic rings. The summed E-state index contributed by atoms with van der Waals surface area (Å²) >= 11 is 0. The Balaban J connectivity index is 1.97. The van der Waals surface area contributed by atoms with Crippen LogP contribution in [0.2, 0.25) is 0 Å². The molecular formula is C22H23N3O. The second-order valence-corrected chi connectivity index (χ2v) is 6.05. The van der Waals surface area contributed by atoms with Crippen molar-refractivity contribution < 1.29 is 4.74 Å². The van der Waals surface area contributed by atoms with Crippen LogP contribution in [0.25, 0.3) is 0 Å². The lowest BCUT2D eigenvalue weighted by atomic mass is 10.2. The van der Waals surface area contributed by atoms with Gasteiger partial charge in [0.15, 0.2) is 0 Å². The molecule has 0 fully saturated rings. The van der Waals surface area contributed by atoms with E-state index in [9.17, 15) is 0 Å². The lowest BCUT2D eigenvalue weighted by molar-refractivity contribution is 0.414. The van der Waals surface area contributed by atoms with Crippen molar-refractivity contribution >= 4 is 23.3 Å². The van der Waals surface area contributed by atoms with Gasteiger partial charge < -0.3 is 9.64 Å². The Labute approximate surface area is 155 Å². The highest BCUT2D eigenvalue weighted by molar-refractivity contribution is 5.86. The molecule has 0 N–H and O–H groups in total. The zero-order valence-corrected chi connectivity index (χ0v) is 15.3. The first-order chi connectivity index (χ1) is 12.7. The molecule has 4 nitrogen and oxygen atoms in total. The molecule has 26 heavy (non-hydrogen) atoms. The number of hydrogen-bond acceptors (Lipinski definition) is 4. The van der Waals surface area contributed by atoms with Crippen molar-refractivity contribution in [3.8, 4) is 5.75 Å². The molecule has 0 radical (unpaired) electrons. The van der Waals surface area contributed by atoms with E-state index in [-0.39, 0.29) is 0 Å². The second kappa shape index (κ2) is 8.21. The van der Waals surface area contributed by atoms with E-state index in [1.807, 2.05) is 103 Å². The summed E-state index contributed by atoms with van der Waals surface area (Å²) in [6.07, 6.45) is 1.83. The summed E-state index contributed by atoms with van der Waals surface area (Å²) in [6.45, 7) is 0. The van der Waals surface area contributed by atoms with Crippen LogP contribution in [0.5, 0.6) is 5.75 Å². The van der Waals surface area contributed by atoms with E-state index >= 15 is 0 Å². The monoisotopic (exact) mass is 345 g/mol. The number of anilines is 3. The molecule has 3 rings (SSSR count). The van der Waals surface area contributed by atoms with Crippen LogP contribution >= 0.6 is 0 Å². The lowest BCUT2D eigenvalue weighted by Crippen LogP contribution is -2.10. The van der Waals surface area contributed by atoms with Crippen molar-refractivity contribution in [2.75, 3.05) is 31.1 Å². The van der Waals surface area contributed by atoms with Crippen molar-refractivity contribution in [1.82, 2.24) is 0 Å². The van der Waals surface area contributed by atoms with Crippen molar-refractivity contribution in [3.05, 3.63) is 84.4 Å². The first-order valence-electron chi connectivity index (χ1n) is 8.48. The van der Waals surface area contributed by atoms with Crippen molar-refractivity contribution in [2.45, 2.75) is 0 Å². The van der Waals surface area contributed by atoms with Crippen LogP contribution in [-0.4, -0.2) is 27.4 Å². The molecule has 0 unspecified atom stereocenters. The van der Waals surface area contributed by atoms with E-state index in [0.29, 0.717) is 0 Å². The van der Waals surface area contributed by atoms with Gasteiger partial charge in [0.25, 0.3) is 0 Å². The molecule has 0 saturated carbocycles. The molecule has 0 aliphatic heterocycles. The molecule has 0 saturated heterocycles. The smallest absolute Gasteiger partial charge is 0.129 e. The number of hydrazone groups is 1. The van der Waals surface area contributed by atoms with Crippen LogP contribution in [0.4, 0.5) is 17.1 Å². The third kappa shape index (κ3) is 4.03. The Morgan fingerprint density at radius 2 is 1.35 bits per heavy atom. The molecular weight excluding hydrogens is 322 g/mol. The van der Waals surface area contributed by atoms with Gasteiger partial charge in [-0.25, -0.2) is 5.01 Å². The Morgan fingerprint density at radius 3 is 1.85 bits per heavy atom. The van der Waals surface area contributed by atoms with Crippen LogP contribution in [0, 0.1) is 0 Å². The fourth-order valence-corrected chi connectivity index (χ4v) is 2.63. The fraction of sp³-hybridized carbons (Fsp3) is 0.136. The van der Waals surface area contributed by atoms with Crippen molar-refractivity contribution in [2.24, 2.45) is 5.10 Å². The summed E-state index contributed by atoms with van der Waals surface area (Å²) in [6, 6.07) is 26.3. The van der Waals surface area contributed by atoms with Gasteiger partial charge in [0, 0.05) is 31.4 Å². The Bertz CT molecular complexity index is 822. The Morgan fingerprint density at radius 1 is 0.769 bits per heavy atom. The van der Waals surface area contributed by atoms with Crippen molar-refractivity contribution in [3.63, 3.8) is 0 Å². The maximum Gasteiger partial charge on any atom is 0.129 e. The third-order valence-electron chi connectivity index (χ3n) is 4.05. The minimum Gasteiger partial charge on any atom is -0.496 e. The zero-order valence-electron chi connectivity index (χ0n) is 15.3. The topological polar surface area (TPSA) is 28.1 Å². The van der Waals surface area contributed by atoms with Gasteiger partial charge >= 0.3 is 0 Å². The van der Waals surface area contributed by atoms with Crippen LogP contribution in [0.15, 0.2) is 84.0 Å². The molecule has 0 amide bonds. The van der Waals surface area contributed by atoms with E-state index in [1.165, 1.54) is 0 Å². The first-order valence-corrected chi connectivity index (χ1v) is 8.48. The average molecular weight is 345 g/mol. The summed E-state index contributed by atoms with van der Waals surface area (Å²) in [4.78, 5) is 2.05. The fourth-order valence-electron chi connectivity index (χ4n) is 2.63. The average Bonchev–Trinajstić information content (AvgIpc) is 2.69. The molecule has 0 aromatic heterocycles. The predicted molar refractivity (Wildman–Crippen MR) is 110 cm³/mol. The number of rotatable bonds is 6. The van der Waals surface area contributed by atoms with Gasteiger partial charge in [-0.15, -0.1) is 0 Å². The predicted octanol–water partition coefficient (Wildman–Crippen LogP) is 4.93.